The Balaban J connectivity index is 2.68. The number of anilines is 1. The maximum absolute atomic E-state index is 9.64. The normalized spacial score (nSPS) is 15.1. The molecule has 0 aliphatic carbocycles. The fourth-order valence-electron chi connectivity index (χ4n) is 1.13. The fraction of sp³-hybridized carbons (Fsp3) is 0.444. The van der Waals surface area contributed by atoms with Crippen molar-refractivity contribution in [2.45, 2.75) is 12.2 Å². The Morgan fingerprint density at radius 2 is 2.21 bits per heavy atom. The molecule has 1 rings (SSSR count). The van der Waals surface area contributed by atoms with Crippen LogP contribution in [0.4, 0.5) is 5.82 Å². The first-order valence-corrected chi connectivity index (χ1v) is 4.37. The third kappa shape index (κ3) is 2.66. The lowest BCUT2D eigenvalue weighted by atomic mass is 10.1. The zero-order valence-electron chi connectivity index (χ0n) is 8.01. The van der Waals surface area contributed by atoms with E-state index in [1.807, 2.05) is 0 Å². The van der Waals surface area contributed by atoms with Gasteiger partial charge in [0.1, 0.15) is 11.9 Å². The Morgan fingerprint density at radius 1 is 1.50 bits per heavy atom. The molecular weight excluding hydrogens is 182 g/mol. The Bertz CT molecular complexity index is 276. The van der Waals surface area contributed by atoms with Crippen LogP contribution in [0.15, 0.2) is 18.3 Å². The van der Waals surface area contributed by atoms with E-state index in [1.165, 1.54) is 6.20 Å². The molecule has 14 heavy (non-hydrogen) atoms. The van der Waals surface area contributed by atoms with Crippen molar-refractivity contribution < 1.29 is 10.2 Å². The van der Waals surface area contributed by atoms with Gasteiger partial charge < -0.3 is 21.3 Å². The van der Waals surface area contributed by atoms with Crippen molar-refractivity contribution in [2.24, 2.45) is 0 Å². The van der Waals surface area contributed by atoms with Gasteiger partial charge in [0, 0.05) is 18.3 Å². The summed E-state index contributed by atoms with van der Waals surface area (Å²) >= 11 is 0. The number of aliphatic hydroxyl groups is 2. The molecule has 0 fully saturated rings. The van der Waals surface area contributed by atoms with Gasteiger partial charge >= 0.3 is 0 Å². The predicted molar refractivity (Wildman–Crippen MR) is 53.5 cm³/mol. The molecule has 5 N–H and O–H groups in total. The average Bonchev–Trinajstić information content (AvgIpc) is 2.18. The van der Waals surface area contributed by atoms with E-state index in [2.05, 4.69) is 10.3 Å². The van der Waals surface area contributed by atoms with Crippen LogP contribution in [0.1, 0.15) is 11.7 Å². The number of nitrogens with one attached hydrogen (secondary N) is 1. The minimum atomic E-state index is -0.935. The van der Waals surface area contributed by atoms with E-state index in [0.717, 1.165) is 0 Å². The molecule has 0 spiro atoms. The summed E-state index contributed by atoms with van der Waals surface area (Å²) in [4.78, 5) is 3.83. The van der Waals surface area contributed by atoms with Gasteiger partial charge in [0.25, 0.3) is 0 Å². The first-order valence-electron chi connectivity index (χ1n) is 4.37. The molecule has 0 amide bonds. The first-order chi connectivity index (χ1) is 6.65. The van der Waals surface area contributed by atoms with Gasteiger partial charge in [-0.2, -0.15) is 0 Å². The minimum absolute atomic E-state index is 0.325. The van der Waals surface area contributed by atoms with Gasteiger partial charge in [-0.15, -0.1) is 0 Å². The fourth-order valence-corrected chi connectivity index (χ4v) is 1.13. The minimum Gasteiger partial charge on any atom is -0.389 e. The molecule has 0 bridgehead atoms. The van der Waals surface area contributed by atoms with E-state index in [-0.39, 0.29) is 0 Å². The van der Waals surface area contributed by atoms with Crippen molar-refractivity contribution in [3.8, 4) is 0 Å². The predicted octanol–water partition coefficient (Wildman–Crippen LogP) is -0.723. The number of aromatic nitrogens is 1. The summed E-state index contributed by atoms with van der Waals surface area (Å²) in [5, 5.41) is 21.9. The standard InChI is InChI=1S/C9H15N3O2/c1-11-5-7(13)9(14)6-2-3-8(10)12-4-6/h2-4,7,9,11,13-14H,5H2,1H3,(H2,10,12). The Morgan fingerprint density at radius 3 is 2.71 bits per heavy atom. The molecule has 1 aromatic heterocycles. The lowest BCUT2D eigenvalue weighted by molar-refractivity contribution is 0.0200. The van der Waals surface area contributed by atoms with Crippen LogP contribution in [0.3, 0.4) is 0 Å². The number of rotatable bonds is 4. The molecule has 5 heteroatoms. The van der Waals surface area contributed by atoms with E-state index in [1.54, 1.807) is 19.2 Å². The topological polar surface area (TPSA) is 91.4 Å². The second kappa shape index (κ2) is 4.90. The van der Waals surface area contributed by atoms with Gasteiger partial charge in [0.2, 0.25) is 0 Å². The summed E-state index contributed by atoms with van der Waals surface area (Å²) in [6.07, 6.45) is -0.320. The number of likely N-dealkylation sites (N-methyl/N-ethyl adjacent to an activating group) is 1. The second-order valence-corrected chi connectivity index (χ2v) is 3.09. The number of nitrogen functional groups attached to an aromatic ring is 1. The molecule has 0 aromatic carbocycles. The van der Waals surface area contributed by atoms with E-state index in [0.29, 0.717) is 17.9 Å². The molecule has 2 unspecified atom stereocenters. The Hall–Kier alpha value is -1.17. The van der Waals surface area contributed by atoms with E-state index >= 15 is 0 Å². The molecule has 78 valence electrons. The van der Waals surface area contributed by atoms with Crippen molar-refractivity contribution in [1.82, 2.24) is 10.3 Å². The summed E-state index contributed by atoms with van der Waals surface area (Å²) in [7, 11) is 1.71. The SMILES string of the molecule is CNCC(O)C(O)c1ccc(N)nc1. The maximum Gasteiger partial charge on any atom is 0.123 e. The third-order valence-corrected chi connectivity index (χ3v) is 1.93. The van der Waals surface area contributed by atoms with Gasteiger partial charge in [-0.05, 0) is 13.1 Å². The summed E-state index contributed by atoms with van der Waals surface area (Å²) < 4.78 is 0. The summed E-state index contributed by atoms with van der Waals surface area (Å²) in [5.74, 6) is 0.393. The Kier molecular flexibility index (Phi) is 3.82. The van der Waals surface area contributed by atoms with Crippen LogP contribution < -0.4 is 11.1 Å². The number of hydrogen-bond acceptors (Lipinski definition) is 5. The molecular formula is C9H15N3O2. The quantitative estimate of drug-likeness (QED) is 0.511. The first kappa shape index (κ1) is 10.9. The van der Waals surface area contributed by atoms with Crippen LogP contribution in [0.5, 0.6) is 0 Å². The van der Waals surface area contributed by atoms with Crippen molar-refractivity contribution >= 4 is 5.82 Å². The molecule has 0 aliphatic heterocycles. The number of hydrogen-bond donors (Lipinski definition) is 4. The van der Waals surface area contributed by atoms with Gasteiger partial charge in [-0.3, -0.25) is 0 Å². The van der Waals surface area contributed by atoms with Gasteiger partial charge in [0.15, 0.2) is 0 Å². The highest BCUT2D eigenvalue weighted by molar-refractivity contribution is 5.30. The molecule has 0 radical (unpaired) electrons. The molecule has 0 saturated carbocycles. The van der Waals surface area contributed by atoms with E-state index in [4.69, 9.17) is 5.73 Å². The monoisotopic (exact) mass is 197 g/mol. The van der Waals surface area contributed by atoms with Crippen molar-refractivity contribution in [3.63, 3.8) is 0 Å². The lowest BCUT2D eigenvalue weighted by Crippen LogP contribution is -2.29. The number of aliphatic hydroxyl groups excluding tert-OH is 2. The zero-order valence-corrected chi connectivity index (χ0v) is 8.01. The van der Waals surface area contributed by atoms with Gasteiger partial charge in [-0.25, -0.2) is 4.98 Å². The van der Waals surface area contributed by atoms with Crippen molar-refractivity contribution in [1.29, 1.82) is 0 Å². The maximum atomic E-state index is 9.64. The summed E-state index contributed by atoms with van der Waals surface area (Å²) in [5.41, 5.74) is 5.95. The number of nitrogens with two attached hydrogens (primary N) is 1. The van der Waals surface area contributed by atoms with Crippen molar-refractivity contribution in [3.05, 3.63) is 23.9 Å². The van der Waals surface area contributed by atoms with Crippen molar-refractivity contribution in [2.75, 3.05) is 19.3 Å². The zero-order chi connectivity index (χ0) is 10.6. The molecule has 0 saturated heterocycles. The van der Waals surface area contributed by atoms with Crippen LogP contribution in [0.25, 0.3) is 0 Å². The van der Waals surface area contributed by atoms with Crippen LogP contribution in [0, 0.1) is 0 Å². The van der Waals surface area contributed by atoms with Gasteiger partial charge in [0.05, 0.1) is 6.10 Å². The molecule has 1 aromatic rings. The largest absolute Gasteiger partial charge is 0.389 e. The second-order valence-electron chi connectivity index (χ2n) is 3.09. The molecule has 1 heterocycles. The highest BCUT2D eigenvalue weighted by atomic mass is 16.3. The highest BCUT2D eigenvalue weighted by Crippen LogP contribution is 2.15. The molecule has 0 aliphatic rings. The average molecular weight is 197 g/mol. The summed E-state index contributed by atoms with van der Waals surface area (Å²) in [6.45, 7) is 0.325. The lowest BCUT2D eigenvalue weighted by Gasteiger charge is -2.17. The molecule has 5 nitrogen and oxygen atoms in total. The smallest absolute Gasteiger partial charge is 0.123 e. The van der Waals surface area contributed by atoms with Gasteiger partial charge in [-0.1, -0.05) is 6.07 Å². The Labute approximate surface area is 82.6 Å². The molecule has 2 atom stereocenters. The van der Waals surface area contributed by atoms with Crippen LogP contribution in [-0.2, 0) is 0 Å². The third-order valence-electron chi connectivity index (χ3n) is 1.93. The highest BCUT2D eigenvalue weighted by Gasteiger charge is 2.17. The van der Waals surface area contributed by atoms with E-state index in [9.17, 15) is 10.2 Å². The van der Waals surface area contributed by atoms with E-state index < -0.39 is 12.2 Å². The van der Waals surface area contributed by atoms with Crippen LogP contribution in [0.2, 0.25) is 0 Å². The number of pyridine rings is 1. The number of nitrogens with zero attached hydrogens (tertiary/aromatic N) is 1. The van der Waals surface area contributed by atoms with Crippen LogP contribution in [-0.4, -0.2) is 34.9 Å². The summed E-state index contributed by atoms with van der Waals surface area (Å²) in [6, 6.07) is 3.23. The van der Waals surface area contributed by atoms with Crippen LogP contribution >= 0.6 is 0 Å².